The van der Waals surface area contributed by atoms with E-state index in [1.807, 2.05) is 0 Å². The lowest BCUT2D eigenvalue weighted by Crippen LogP contribution is -2.40. The number of benzene rings is 2. The molecule has 144 valence electrons. The van der Waals surface area contributed by atoms with Crippen molar-refractivity contribution < 1.29 is 23.1 Å². The summed E-state index contributed by atoms with van der Waals surface area (Å²) in [5.41, 5.74) is 0.761. The van der Waals surface area contributed by atoms with Crippen molar-refractivity contribution in [3.05, 3.63) is 65.7 Å². The third-order valence-electron chi connectivity index (χ3n) is 3.88. The maximum atomic E-state index is 13.5. The van der Waals surface area contributed by atoms with Crippen molar-refractivity contribution in [2.24, 2.45) is 0 Å². The summed E-state index contributed by atoms with van der Waals surface area (Å²) < 4.78 is 31.6. The Morgan fingerprint density at radius 3 is 2.44 bits per heavy atom. The largest absolute Gasteiger partial charge is 0.490 e. The van der Waals surface area contributed by atoms with E-state index in [1.54, 1.807) is 31.2 Å². The molecule has 0 saturated carbocycles. The Labute approximate surface area is 156 Å². The Kier molecular flexibility index (Phi) is 7.73. The van der Waals surface area contributed by atoms with Crippen LogP contribution in [0.1, 0.15) is 18.9 Å². The topological polar surface area (TPSA) is 58.6 Å². The van der Waals surface area contributed by atoms with E-state index in [0.717, 1.165) is 5.56 Å². The lowest BCUT2D eigenvalue weighted by atomic mass is 10.2. The molecule has 0 atom stereocenters. The number of halogens is 2. The summed E-state index contributed by atoms with van der Waals surface area (Å²) in [7, 11) is 0. The number of hydrogen-bond acceptors (Lipinski definition) is 3. The number of carbonyl (C=O) groups is 2. The molecular formula is C20H22F2N2O3. The molecule has 2 aromatic carbocycles. The van der Waals surface area contributed by atoms with Gasteiger partial charge in [-0.15, -0.1) is 0 Å². The Bertz CT molecular complexity index is 766. The van der Waals surface area contributed by atoms with E-state index in [1.165, 1.54) is 29.2 Å². The predicted octanol–water partition coefficient (Wildman–Crippen LogP) is 2.90. The lowest BCUT2D eigenvalue weighted by Gasteiger charge is -2.20. The van der Waals surface area contributed by atoms with Gasteiger partial charge in [-0.05, 0) is 36.8 Å². The molecule has 2 amide bonds. The third kappa shape index (κ3) is 6.69. The van der Waals surface area contributed by atoms with Gasteiger partial charge in [-0.25, -0.2) is 8.78 Å². The molecule has 7 heteroatoms. The fourth-order valence-corrected chi connectivity index (χ4v) is 2.38. The number of likely N-dealkylation sites (N-methyl/N-ethyl adjacent to an activating group) is 1. The average Bonchev–Trinajstić information content (AvgIpc) is 2.67. The van der Waals surface area contributed by atoms with Crippen molar-refractivity contribution in [2.75, 3.05) is 19.7 Å². The first kappa shape index (κ1) is 20.4. The second kappa shape index (κ2) is 10.3. The normalized spacial score (nSPS) is 10.3. The zero-order valence-electron chi connectivity index (χ0n) is 15.1. The highest BCUT2D eigenvalue weighted by atomic mass is 19.1. The Morgan fingerprint density at radius 2 is 1.78 bits per heavy atom. The summed E-state index contributed by atoms with van der Waals surface area (Å²) in [5.74, 6) is -1.32. The van der Waals surface area contributed by atoms with Gasteiger partial charge in [-0.1, -0.05) is 24.3 Å². The minimum absolute atomic E-state index is 0.0213. The van der Waals surface area contributed by atoms with Gasteiger partial charge in [0.2, 0.25) is 11.8 Å². The number of rotatable bonds is 9. The van der Waals surface area contributed by atoms with Gasteiger partial charge in [0, 0.05) is 13.1 Å². The highest BCUT2D eigenvalue weighted by Gasteiger charge is 2.15. The van der Waals surface area contributed by atoms with Crippen LogP contribution in [0.4, 0.5) is 8.78 Å². The number of hydrogen-bond donors (Lipinski definition) is 1. The quantitative estimate of drug-likeness (QED) is 0.732. The average molecular weight is 376 g/mol. The van der Waals surface area contributed by atoms with Gasteiger partial charge in [0.1, 0.15) is 5.82 Å². The minimum atomic E-state index is -0.488. The standard InChI is InChI=1S/C20H22F2N2O3/c1-2-24(14-19(25)23-13-15-7-9-16(21)10-8-15)20(26)11-12-27-18-6-4-3-5-17(18)22/h3-10H,2,11-14H2,1H3,(H,23,25). The van der Waals surface area contributed by atoms with Crippen molar-refractivity contribution in [1.29, 1.82) is 0 Å². The van der Waals surface area contributed by atoms with E-state index >= 15 is 0 Å². The van der Waals surface area contributed by atoms with E-state index in [2.05, 4.69) is 5.32 Å². The smallest absolute Gasteiger partial charge is 0.239 e. The first-order chi connectivity index (χ1) is 13.0. The molecule has 0 unspecified atom stereocenters. The Balaban J connectivity index is 1.75. The fourth-order valence-electron chi connectivity index (χ4n) is 2.38. The van der Waals surface area contributed by atoms with Crippen LogP contribution in [0.25, 0.3) is 0 Å². The number of ether oxygens (including phenoxy) is 1. The SMILES string of the molecule is CCN(CC(=O)NCc1ccc(F)cc1)C(=O)CCOc1ccccc1F. The molecule has 0 saturated heterocycles. The van der Waals surface area contributed by atoms with Gasteiger partial charge in [-0.2, -0.15) is 0 Å². The molecule has 0 radical (unpaired) electrons. The van der Waals surface area contributed by atoms with E-state index in [9.17, 15) is 18.4 Å². The molecular weight excluding hydrogens is 354 g/mol. The predicted molar refractivity (Wildman–Crippen MR) is 97.0 cm³/mol. The molecule has 2 rings (SSSR count). The third-order valence-corrected chi connectivity index (χ3v) is 3.88. The molecule has 0 aromatic heterocycles. The van der Waals surface area contributed by atoms with Crippen LogP contribution in [0.3, 0.4) is 0 Å². The van der Waals surface area contributed by atoms with Crippen molar-refractivity contribution in [3.63, 3.8) is 0 Å². The highest BCUT2D eigenvalue weighted by molar-refractivity contribution is 5.84. The minimum Gasteiger partial charge on any atom is -0.490 e. The number of nitrogens with zero attached hydrogens (tertiary/aromatic N) is 1. The summed E-state index contributed by atoms with van der Waals surface area (Å²) in [5, 5.41) is 2.69. The van der Waals surface area contributed by atoms with Gasteiger partial charge in [0.25, 0.3) is 0 Å². The van der Waals surface area contributed by atoms with Crippen LogP contribution < -0.4 is 10.1 Å². The summed E-state index contributed by atoms with van der Waals surface area (Å²) in [6, 6.07) is 11.8. The van der Waals surface area contributed by atoms with E-state index in [-0.39, 0.29) is 49.5 Å². The maximum absolute atomic E-state index is 13.5. The maximum Gasteiger partial charge on any atom is 0.239 e. The molecule has 27 heavy (non-hydrogen) atoms. The number of nitrogens with one attached hydrogen (secondary N) is 1. The monoisotopic (exact) mass is 376 g/mol. The van der Waals surface area contributed by atoms with Crippen LogP contribution in [-0.4, -0.2) is 36.4 Å². The van der Waals surface area contributed by atoms with Crippen LogP contribution >= 0.6 is 0 Å². The molecule has 0 spiro atoms. The van der Waals surface area contributed by atoms with Crippen LogP contribution in [0.15, 0.2) is 48.5 Å². The Morgan fingerprint density at radius 1 is 1.07 bits per heavy atom. The molecule has 0 aliphatic rings. The van der Waals surface area contributed by atoms with Gasteiger partial charge in [0.05, 0.1) is 19.6 Å². The number of carbonyl (C=O) groups excluding carboxylic acids is 2. The van der Waals surface area contributed by atoms with Gasteiger partial charge in [-0.3, -0.25) is 9.59 Å². The zero-order chi connectivity index (χ0) is 19.6. The van der Waals surface area contributed by atoms with E-state index in [4.69, 9.17) is 4.74 Å². The van der Waals surface area contributed by atoms with Crippen LogP contribution in [0, 0.1) is 11.6 Å². The molecule has 0 bridgehead atoms. The van der Waals surface area contributed by atoms with E-state index < -0.39 is 5.82 Å². The van der Waals surface area contributed by atoms with Crippen molar-refractivity contribution in [1.82, 2.24) is 10.2 Å². The van der Waals surface area contributed by atoms with Gasteiger partial charge >= 0.3 is 0 Å². The second-order valence-corrected chi connectivity index (χ2v) is 5.84. The van der Waals surface area contributed by atoms with Gasteiger partial charge < -0.3 is 15.0 Å². The summed E-state index contributed by atoms with van der Waals surface area (Å²) >= 11 is 0. The molecule has 1 N–H and O–H groups in total. The summed E-state index contributed by atoms with van der Waals surface area (Å²) in [4.78, 5) is 25.7. The van der Waals surface area contributed by atoms with Gasteiger partial charge in [0.15, 0.2) is 11.6 Å². The first-order valence-corrected chi connectivity index (χ1v) is 8.66. The fraction of sp³-hybridized carbons (Fsp3) is 0.300. The van der Waals surface area contributed by atoms with Crippen LogP contribution in [-0.2, 0) is 16.1 Å². The number of amides is 2. The number of para-hydroxylation sites is 1. The van der Waals surface area contributed by atoms with Crippen molar-refractivity contribution in [2.45, 2.75) is 19.9 Å². The Hall–Kier alpha value is -2.96. The first-order valence-electron chi connectivity index (χ1n) is 8.66. The molecule has 0 aliphatic heterocycles. The summed E-state index contributed by atoms with van der Waals surface area (Å²) in [6.07, 6.45) is 0.0351. The lowest BCUT2D eigenvalue weighted by molar-refractivity contribution is -0.136. The van der Waals surface area contributed by atoms with Crippen LogP contribution in [0.2, 0.25) is 0 Å². The second-order valence-electron chi connectivity index (χ2n) is 5.84. The molecule has 5 nitrogen and oxygen atoms in total. The highest BCUT2D eigenvalue weighted by Crippen LogP contribution is 2.15. The molecule has 0 aliphatic carbocycles. The molecule has 0 fully saturated rings. The molecule has 0 heterocycles. The van der Waals surface area contributed by atoms with Crippen molar-refractivity contribution >= 4 is 11.8 Å². The van der Waals surface area contributed by atoms with Crippen LogP contribution in [0.5, 0.6) is 5.75 Å². The van der Waals surface area contributed by atoms with Crippen molar-refractivity contribution in [3.8, 4) is 5.75 Å². The summed E-state index contributed by atoms with van der Waals surface area (Å²) in [6.45, 7) is 2.32. The zero-order valence-corrected chi connectivity index (χ0v) is 15.1. The molecule has 2 aromatic rings. The van der Waals surface area contributed by atoms with E-state index in [0.29, 0.717) is 6.54 Å².